The Bertz CT molecular complexity index is 671. The van der Waals surface area contributed by atoms with Gasteiger partial charge in [-0.3, -0.25) is 4.79 Å². The lowest BCUT2D eigenvalue weighted by atomic mass is 10.2. The predicted molar refractivity (Wildman–Crippen MR) is 111 cm³/mol. The third-order valence-electron chi connectivity index (χ3n) is 3.71. The van der Waals surface area contributed by atoms with Crippen LogP contribution in [0.15, 0.2) is 48.5 Å². The van der Waals surface area contributed by atoms with Crippen molar-refractivity contribution in [1.29, 1.82) is 0 Å². The predicted octanol–water partition coefficient (Wildman–Crippen LogP) is 5.50. The van der Waals surface area contributed by atoms with Crippen molar-refractivity contribution in [1.82, 2.24) is 0 Å². The van der Waals surface area contributed by atoms with E-state index in [9.17, 15) is 4.79 Å². The van der Waals surface area contributed by atoms with Gasteiger partial charge in [0.25, 0.3) is 0 Å². The molecule has 25 heavy (non-hydrogen) atoms. The van der Waals surface area contributed by atoms with Crippen molar-refractivity contribution in [2.75, 3.05) is 23.5 Å². The summed E-state index contributed by atoms with van der Waals surface area (Å²) in [6, 6.07) is 16.2. The average molecular weight is 376 g/mol. The van der Waals surface area contributed by atoms with E-state index in [1.165, 1.54) is 17.3 Å². The SMILES string of the molecule is CCSC(=O)C(SCC)N(c1ccc(C)cc1)c1ccc(OC)cc1. The number of thioether (sulfide) groups is 2. The van der Waals surface area contributed by atoms with Gasteiger partial charge in [0, 0.05) is 11.4 Å². The molecule has 0 spiro atoms. The maximum atomic E-state index is 12.8. The lowest BCUT2D eigenvalue weighted by Crippen LogP contribution is -2.34. The number of hydrogen-bond donors (Lipinski definition) is 0. The second-order valence-corrected chi connectivity index (χ2v) is 8.09. The smallest absolute Gasteiger partial charge is 0.222 e. The Balaban J connectivity index is 2.48. The van der Waals surface area contributed by atoms with Crippen LogP contribution in [0.5, 0.6) is 5.75 Å². The van der Waals surface area contributed by atoms with Gasteiger partial charge in [-0.2, -0.15) is 0 Å². The highest BCUT2D eigenvalue weighted by Gasteiger charge is 2.27. The summed E-state index contributed by atoms with van der Waals surface area (Å²) in [5, 5.41) is -0.0724. The first-order valence-corrected chi connectivity index (χ1v) is 10.4. The van der Waals surface area contributed by atoms with Crippen molar-refractivity contribution in [3.8, 4) is 5.75 Å². The minimum atomic E-state index is -0.258. The number of anilines is 2. The lowest BCUT2D eigenvalue weighted by molar-refractivity contribution is -0.110. The van der Waals surface area contributed by atoms with Gasteiger partial charge >= 0.3 is 0 Å². The molecule has 0 saturated carbocycles. The fraction of sp³-hybridized carbons (Fsp3) is 0.350. The molecule has 1 atom stereocenters. The van der Waals surface area contributed by atoms with E-state index in [0.29, 0.717) is 0 Å². The highest BCUT2D eigenvalue weighted by Crippen LogP contribution is 2.35. The van der Waals surface area contributed by atoms with Crippen molar-refractivity contribution in [3.05, 3.63) is 54.1 Å². The minimum Gasteiger partial charge on any atom is -0.497 e. The van der Waals surface area contributed by atoms with E-state index in [2.05, 4.69) is 43.0 Å². The molecule has 0 amide bonds. The van der Waals surface area contributed by atoms with Gasteiger partial charge in [0.2, 0.25) is 5.12 Å². The fourth-order valence-corrected chi connectivity index (χ4v) is 4.27. The molecular formula is C20H25NO2S2. The third-order valence-corrected chi connectivity index (χ3v) is 5.73. The number of rotatable bonds is 8. The Labute approximate surface area is 159 Å². The van der Waals surface area contributed by atoms with Gasteiger partial charge in [0.05, 0.1) is 7.11 Å². The van der Waals surface area contributed by atoms with Gasteiger partial charge in [-0.25, -0.2) is 0 Å². The summed E-state index contributed by atoms with van der Waals surface area (Å²) in [5.74, 6) is 2.46. The minimum absolute atomic E-state index is 0.186. The van der Waals surface area contributed by atoms with Crippen LogP contribution in [-0.4, -0.2) is 29.1 Å². The molecule has 0 aliphatic rings. The summed E-state index contributed by atoms with van der Waals surface area (Å²) in [7, 11) is 1.66. The zero-order chi connectivity index (χ0) is 18.2. The molecule has 3 nitrogen and oxygen atoms in total. The molecule has 0 aliphatic carbocycles. The summed E-state index contributed by atoms with van der Waals surface area (Å²) < 4.78 is 5.27. The van der Waals surface area contributed by atoms with Crippen LogP contribution in [-0.2, 0) is 4.79 Å². The maximum absolute atomic E-state index is 12.8. The molecule has 2 rings (SSSR count). The van der Waals surface area contributed by atoms with E-state index < -0.39 is 0 Å². The van der Waals surface area contributed by atoms with Crippen molar-refractivity contribution in [2.24, 2.45) is 0 Å². The lowest BCUT2D eigenvalue weighted by Gasteiger charge is -2.32. The van der Waals surface area contributed by atoms with E-state index in [1.54, 1.807) is 18.9 Å². The van der Waals surface area contributed by atoms with Crippen LogP contribution in [0.1, 0.15) is 19.4 Å². The first kappa shape index (κ1) is 19.7. The monoisotopic (exact) mass is 375 g/mol. The molecule has 0 aromatic heterocycles. The molecule has 0 bridgehead atoms. The normalized spacial score (nSPS) is 11.8. The Hall–Kier alpha value is -1.59. The Morgan fingerprint density at radius 1 is 1.00 bits per heavy atom. The van der Waals surface area contributed by atoms with Crippen LogP contribution >= 0.6 is 23.5 Å². The summed E-state index contributed by atoms with van der Waals surface area (Å²) in [6.07, 6.45) is 0. The number of aryl methyl sites for hydroxylation is 1. The standard InChI is InChI=1S/C20H25NO2S2/c1-5-24-19(20(22)25-6-2)21(16-9-7-15(3)8-10-16)17-11-13-18(23-4)14-12-17/h7-14,19H,5-6H2,1-4H3. The Morgan fingerprint density at radius 3 is 2.04 bits per heavy atom. The second kappa shape index (κ2) is 9.78. The molecule has 0 N–H and O–H groups in total. The molecule has 0 saturated heterocycles. The second-order valence-electron chi connectivity index (χ2n) is 5.46. The van der Waals surface area contributed by atoms with E-state index in [1.807, 2.05) is 31.2 Å². The van der Waals surface area contributed by atoms with Crippen molar-refractivity contribution in [3.63, 3.8) is 0 Å². The van der Waals surface area contributed by atoms with E-state index >= 15 is 0 Å². The van der Waals surface area contributed by atoms with Crippen molar-refractivity contribution >= 4 is 40.0 Å². The number of carbonyl (C=O) groups is 1. The molecule has 134 valence electrons. The van der Waals surface area contributed by atoms with Gasteiger partial charge < -0.3 is 9.64 Å². The first-order chi connectivity index (χ1) is 12.1. The number of hydrogen-bond acceptors (Lipinski definition) is 5. The summed E-state index contributed by atoms with van der Waals surface area (Å²) in [4.78, 5) is 14.9. The molecular weight excluding hydrogens is 350 g/mol. The molecule has 5 heteroatoms. The number of nitrogens with zero attached hydrogens (tertiary/aromatic N) is 1. The van der Waals surface area contributed by atoms with Crippen LogP contribution in [0.2, 0.25) is 0 Å². The Morgan fingerprint density at radius 2 is 1.56 bits per heavy atom. The molecule has 1 unspecified atom stereocenters. The number of ether oxygens (including phenoxy) is 1. The van der Waals surface area contributed by atoms with E-state index in [4.69, 9.17) is 4.74 Å². The summed E-state index contributed by atoms with van der Waals surface area (Å²) in [6.45, 7) is 6.17. The summed E-state index contributed by atoms with van der Waals surface area (Å²) in [5.41, 5.74) is 3.21. The van der Waals surface area contributed by atoms with E-state index in [-0.39, 0.29) is 10.5 Å². The molecule has 2 aromatic rings. The third kappa shape index (κ3) is 5.19. The molecule has 2 aromatic carbocycles. The van der Waals surface area contributed by atoms with Gasteiger partial charge in [-0.1, -0.05) is 43.3 Å². The van der Waals surface area contributed by atoms with Crippen molar-refractivity contribution in [2.45, 2.75) is 26.1 Å². The number of benzene rings is 2. The zero-order valence-corrected chi connectivity index (χ0v) is 16.8. The topological polar surface area (TPSA) is 29.5 Å². The molecule has 0 heterocycles. The van der Waals surface area contributed by atoms with Crippen molar-refractivity contribution < 1.29 is 9.53 Å². The quantitative estimate of drug-likeness (QED) is 0.568. The van der Waals surface area contributed by atoms with E-state index in [0.717, 1.165) is 28.6 Å². The summed E-state index contributed by atoms with van der Waals surface area (Å²) >= 11 is 3.04. The number of carbonyl (C=O) groups excluding carboxylic acids is 1. The van der Waals surface area contributed by atoms with Gasteiger partial charge in [0.1, 0.15) is 11.1 Å². The van der Waals surface area contributed by atoms with Crippen LogP contribution < -0.4 is 9.64 Å². The van der Waals surface area contributed by atoms with Gasteiger partial charge in [-0.05, 0) is 54.8 Å². The van der Waals surface area contributed by atoms with Crippen LogP contribution in [0.25, 0.3) is 0 Å². The van der Waals surface area contributed by atoms with Gasteiger partial charge in [-0.15, -0.1) is 11.8 Å². The molecule has 0 fully saturated rings. The fourth-order valence-electron chi connectivity index (χ4n) is 2.49. The number of methoxy groups -OCH3 is 1. The van der Waals surface area contributed by atoms with Gasteiger partial charge in [0.15, 0.2) is 0 Å². The van der Waals surface area contributed by atoms with Crippen LogP contribution in [0.3, 0.4) is 0 Å². The molecule has 0 aliphatic heterocycles. The largest absolute Gasteiger partial charge is 0.497 e. The zero-order valence-electron chi connectivity index (χ0n) is 15.2. The molecule has 0 radical (unpaired) electrons. The Kier molecular flexibility index (Phi) is 7.72. The first-order valence-electron chi connectivity index (χ1n) is 8.38. The average Bonchev–Trinajstić information content (AvgIpc) is 2.63. The highest BCUT2D eigenvalue weighted by molar-refractivity contribution is 8.16. The van der Waals surface area contributed by atoms with Crippen LogP contribution in [0, 0.1) is 6.92 Å². The maximum Gasteiger partial charge on any atom is 0.222 e. The highest BCUT2D eigenvalue weighted by atomic mass is 32.2. The van der Waals surface area contributed by atoms with Crippen LogP contribution in [0.4, 0.5) is 11.4 Å².